The van der Waals surface area contributed by atoms with Crippen LogP contribution in [0.5, 0.6) is 0 Å². The van der Waals surface area contributed by atoms with Crippen LogP contribution in [0.4, 0.5) is 4.79 Å². The molecule has 1 amide bonds. The molecule has 0 saturated heterocycles. The van der Waals surface area contributed by atoms with Crippen molar-refractivity contribution in [3.8, 4) is 0 Å². The van der Waals surface area contributed by atoms with Gasteiger partial charge < -0.3 is 4.74 Å². The van der Waals surface area contributed by atoms with Gasteiger partial charge in [0.15, 0.2) is 0 Å². The summed E-state index contributed by atoms with van der Waals surface area (Å²) in [6, 6.07) is 0. The molecule has 96 valence electrons. The van der Waals surface area contributed by atoms with Gasteiger partial charge in [0.1, 0.15) is 0 Å². The fourth-order valence-corrected chi connectivity index (χ4v) is 0.690. The number of hydrogen-bond acceptors (Lipinski definition) is 2. The van der Waals surface area contributed by atoms with Crippen molar-refractivity contribution in [2.75, 3.05) is 7.11 Å². The first kappa shape index (κ1) is 25.2. The Morgan fingerprint density at radius 3 is 1.56 bits per heavy atom. The molecule has 1 aliphatic rings. The quantitative estimate of drug-likeness (QED) is 0.381. The van der Waals surface area contributed by atoms with E-state index in [1.165, 1.54) is 12.0 Å². The van der Waals surface area contributed by atoms with E-state index in [0.717, 1.165) is 0 Å². The molecule has 0 radical (unpaired) electrons. The molecule has 6 nitrogen and oxygen atoms in total. The monoisotopic (exact) mass is 337 g/mol. The van der Waals surface area contributed by atoms with E-state index in [2.05, 4.69) is 24.7 Å². The third-order valence-corrected chi connectivity index (χ3v) is 1.21. The Bertz CT molecular complexity index is 311. The van der Waals surface area contributed by atoms with Crippen LogP contribution in [0.2, 0.25) is 0 Å². The second-order valence-electron chi connectivity index (χ2n) is 1.95. The maximum absolute atomic E-state index is 10.9. The zero-order valence-electron chi connectivity index (χ0n) is 9.31. The van der Waals surface area contributed by atoms with Crippen LogP contribution in [0.1, 0.15) is 0 Å². The first-order valence-corrected chi connectivity index (χ1v) is 3.84. The van der Waals surface area contributed by atoms with Crippen molar-refractivity contribution in [1.82, 2.24) is 4.90 Å². The average Bonchev–Trinajstić information content (AvgIpc) is 2.73. The van der Waals surface area contributed by atoms with Gasteiger partial charge >= 0.3 is 40.0 Å². The van der Waals surface area contributed by atoms with Crippen molar-refractivity contribution in [2.45, 2.75) is 0 Å². The van der Waals surface area contributed by atoms with Crippen molar-refractivity contribution in [3.63, 3.8) is 0 Å². The first-order valence-electron chi connectivity index (χ1n) is 3.84. The zero-order chi connectivity index (χ0) is 14.1. The summed E-state index contributed by atoms with van der Waals surface area (Å²) in [4.78, 5) is 12.3. The minimum absolute atomic E-state index is 0. The molecule has 0 saturated carbocycles. The van der Waals surface area contributed by atoms with E-state index in [1.54, 1.807) is 24.6 Å². The van der Waals surface area contributed by atoms with E-state index >= 15 is 0 Å². The van der Waals surface area contributed by atoms with E-state index in [-0.39, 0.29) is 25.6 Å². The van der Waals surface area contributed by atoms with E-state index < -0.39 is 0 Å². The molecule has 0 aromatic heterocycles. The third kappa shape index (κ3) is 14.3. The summed E-state index contributed by atoms with van der Waals surface area (Å²) in [5.41, 5.74) is 0. The number of hydrogen-bond donors (Lipinski definition) is 0. The van der Waals surface area contributed by atoms with E-state index in [4.69, 9.17) is 14.0 Å². The van der Waals surface area contributed by atoms with Crippen LogP contribution < -0.4 is 0 Å². The Hall–Kier alpha value is -1.67. The number of ether oxygens (including phenoxy) is 1. The number of carbonyl (C=O) groups excluding carboxylic acids is 1. The maximum Gasteiger partial charge on any atom is 0 e. The van der Waals surface area contributed by atoms with Gasteiger partial charge in [-0.2, -0.15) is 0 Å². The van der Waals surface area contributed by atoms with Crippen LogP contribution in [0.3, 0.4) is 0 Å². The normalized spacial score (nSPS) is 9.39. The molecule has 18 heavy (non-hydrogen) atoms. The number of methoxy groups -OCH3 is 1. The van der Waals surface area contributed by atoms with Gasteiger partial charge in [-0.3, -0.25) is 4.90 Å². The van der Waals surface area contributed by atoms with Gasteiger partial charge in [-0.1, -0.05) is 12.2 Å². The second kappa shape index (κ2) is 24.5. The molecule has 1 aliphatic heterocycles. The summed E-state index contributed by atoms with van der Waals surface area (Å²) in [6.07, 6.45) is 10.1. The molecule has 0 N–H and O–H groups in total. The standard InChI is InChI=1S/C8H9NO2.3CO.Ru/c1-11-8(10)9-6-4-2-3-5-7-9;3*1-2;/h2-7H,1H3;;;;. The summed E-state index contributed by atoms with van der Waals surface area (Å²) < 4.78 is 27.0. The SMILES string of the molecule is COC(=O)N1C=CC=CC=C1.[C-]#[O+].[C-]#[O+].[C-]#[O+].[Ru]. The smallest absolute Gasteiger partial charge is 0 e. The Kier molecular flexibility index (Phi) is 34.4. The second-order valence-corrected chi connectivity index (χ2v) is 1.95. The minimum atomic E-state index is -0.388. The molecular formula is C11H9NO5Ru. The molecule has 0 fully saturated rings. The molecular weight excluding hydrogens is 327 g/mol. The van der Waals surface area contributed by atoms with Gasteiger partial charge in [0, 0.05) is 31.9 Å². The Morgan fingerprint density at radius 2 is 1.28 bits per heavy atom. The number of nitrogens with zero attached hydrogens (tertiary/aromatic N) is 1. The van der Waals surface area contributed by atoms with Crippen LogP contribution in [0.25, 0.3) is 0 Å². The van der Waals surface area contributed by atoms with E-state index in [0.29, 0.717) is 0 Å². The van der Waals surface area contributed by atoms with Crippen LogP contribution in [0, 0.1) is 20.0 Å². The largest absolute Gasteiger partial charge is 0 e. The van der Waals surface area contributed by atoms with Crippen molar-refractivity contribution < 1.29 is 43.0 Å². The fraction of sp³-hybridized carbons (Fsp3) is 0.0909. The van der Waals surface area contributed by atoms with Crippen LogP contribution in [-0.4, -0.2) is 18.1 Å². The summed E-state index contributed by atoms with van der Waals surface area (Å²) in [5, 5.41) is 0. The van der Waals surface area contributed by atoms with Crippen LogP contribution >= 0.6 is 0 Å². The molecule has 7 heteroatoms. The molecule has 0 bridgehead atoms. The van der Waals surface area contributed by atoms with Crippen molar-refractivity contribution in [3.05, 3.63) is 56.7 Å². The number of rotatable bonds is 0. The number of amides is 1. The summed E-state index contributed by atoms with van der Waals surface area (Å²) in [7, 11) is 1.35. The van der Waals surface area contributed by atoms with E-state index in [1.807, 2.05) is 12.2 Å². The van der Waals surface area contributed by atoms with Gasteiger partial charge in [0.2, 0.25) is 0 Å². The molecule has 0 aliphatic carbocycles. The van der Waals surface area contributed by atoms with Gasteiger partial charge in [-0.25, -0.2) is 4.79 Å². The number of allylic oxidation sites excluding steroid dienone is 4. The van der Waals surface area contributed by atoms with E-state index in [9.17, 15) is 4.79 Å². The number of carbonyl (C=O) groups is 1. The zero-order valence-corrected chi connectivity index (χ0v) is 11.0. The summed E-state index contributed by atoms with van der Waals surface area (Å²) in [6.45, 7) is 13.5. The topological polar surface area (TPSA) is 89.2 Å². The maximum atomic E-state index is 10.9. The molecule has 0 spiro atoms. The average molecular weight is 336 g/mol. The van der Waals surface area contributed by atoms with Crippen molar-refractivity contribution >= 4 is 6.09 Å². The Morgan fingerprint density at radius 1 is 0.944 bits per heavy atom. The van der Waals surface area contributed by atoms with Crippen molar-refractivity contribution in [1.29, 1.82) is 0 Å². The fourth-order valence-electron chi connectivity index (χ4n) is 0.690. The van der Waals surface area contributed by atoms with Gasteiger partial charge in [-0.15, -0.1) is 0 Å². The molecule has 1 heterocycles. The van der Waals surface area contributed by atoms with Crippen LogP contribution in [-0.2, 0) is 38.2 Å². The Balaban J connectivity index is -0.000000123. The van der Waals surface area contributed by atoms with Gasteiger partial charge in [-0.05, 0) is 12.2 Å². The predicted octanol–water partition coefficient (Wildman–Crippen LogP) is 1.54. The van der Waals surface area contributed by atoms with Gasteiger partial charge in [0.05, 0.1) is 7.11 Å². The molecule has 0 aromatic rings. The molecule has 1 rings (SSSR count). The molecule has 0 atom stereocenters. The predicted molar refractivity (Wildman–Crippen MR) is 53.5 cm³/mol. The van der Waals surface area contributed by atoms with Gasteiger partial charge in [0.25, 0.3) is 0 Å². The summed E-state index contributed by atoms with van der Waals surface area (Å²) >= 11 is 0. The minimum Gasteiger partial charge on any atom is 0 e. The molecule has 0 unspecified atom stereocenters. The Labute approximate surface area is 118 Å². The summed E-state index contributed by atoms with van der Waals surface area (Å²) in [5.74, 6) is 0. The first-order chi connectivity index (χ1) is 8.34. The third-order valence-electron chi connectivity index (χ3n) is 1.21. The van der Waals surface area contributed by atoms with Crippen molar-refractivity contribution in [2.24, 2.45) is 0 Å². The van der Waals surface area contributed by atoms with Crippen LogP contribution in [0.15, 0.2) is 36.7 Å². The molecule has 0 aromatic carbocycles.